The number of aldehydes is 1. The highest BCUT2D eigenvalue weighted by atomic mass is 28.4. The maximum absolute atomic E-state index is 12.0. The zero-order valence-corrected chi connectivity index (χ0v) is 13.3. The first-order chi connectivity index (χ1) is 8.15. The molecule has 1 aliphatic rings. The van der Waals surface area contributed by atoms with Crippen LogP contribution >= 0.6 is 0 Å². The first-order valence-electron chi connectivity index (χ1n) is 6.76. The van der Waals surface area contributed by atoms with Crippen LogP contribution in [0.3, 0.4) is 0 Å². The van der Waals surface area contributed by atoms with Gasteiger partial charge in [0.25, 0.3) is 0 Å². The van der Waals surface area contributed by atoms with Crippen molar-refractivity contribution < 1.29 is 14.0 Å². The third-order valence-corrected chi connectivity index (χ3v) is 9.12. The summed E-state index contributed by atoms with van der Waals surface area (Å²) in [5, 5.41) is 0.136. The second kappa shape index (κ2) is 5.25. The Morgan fingerprint density at radius 3 is 2.39 bits per heavy atom. The summed E-state index contributed by atoms with van der Waals surface area (Å²) in [4.78, 5) is 22.9. The molecule has 1 atom stereocenters. The zero-order valence-electron chi connectivity index (χ0n) is 12.3. The Bertz CT molecular complexity index is 330. The normalized spacial score (nSPS) is 25.5. The molecule has 1 saturated carbocycles. The van der Waals surface area contributed by atoms with Gasteiger partial charge in [-0.15, -0.1) is 0 Å². The fourth-order valence-corrected chi connectivity index (χ4v) is 3.18. The van der Waals surface area contributed by atoms with Gasteiger partial charge in [0.15, 0.2) is 8.32 Å². The smallest absolute Gasteiger partial charge is 0.192 e. The number of carbonyl (C=O) groups excluding carboxylic acids is 2. The molecule has 0 radical (unpaired) electrons. The van der Waals surface area contributed by atoms with Gasteiger partial charge in [-0.05, 0) is 31.0 Å². The van der Waals surface area contributed by atoms with Crippen molar-refractivity contribution in [2.75, 3.05) is 6.61 Å². The molecule has 0 N–H and O–H groups in total. The topological polar surface area (TPSA) is 43.4 Å². The van der Waals surface area contributed by atoms with Gasteiger partial charge in [0, 0.05) is 19.4 Å². The molecule has 0 aromatic heterocycles. The fraction of sp³-hybridized carbons (Fsp3) is 0.857. The highest BCUT2D eigenvalue weighted by Gasteiger charge is 2.45. The number of carbonyl (C=O) groups is 2. The highest BCUT2D eigenvalue weighted by Crippen LogP contribution is 2.42. The molecule has 0 aromatic carbocycles. The van der Waals surface area contributed by atoms with E-state index < -0.39 is 13.7 Å². The predicted octanol–water partition coefficient (Wildman–Crippen LogP) is 3.34. The van der Waals surface area contributed by atoms with E-state index in [1.54, 1.807) is 0 Å². The first kappa shape index (κ1) is 15.6. The monoisotopic (exact) mass is 270 g/mol. The van der Waals surface area contributed by atoms with Crippen molar-refractivity contribution in [1.82, 2.24) is 0 Å². The van der Waals surface area contributed by atoms with E-state index in [0.717, 1.165) is 19.1 Å². The summed E-state index contributed by atoms with van der Waals surface area (Å²) >= 11 is 0. The number of rotatable bonds is 5. The quantitative estimate of drug-likeness (QED) is 0.568. The molecule has 0 aliphatic heterocycles. The summed E-state index contributed by atoms with van der Waals surface area (Å²) in [6, 6.07) is 0. The van der Waals surface area contributed by atoms with Crippen LogP contribution in [0.15, 0.2) is 0 Å². The van der Waals surface area contributed by atoms with E-state index in [2.05, 4.69) is 33.9 Å². The van der Waals surface area contributed by atoms with Crippen LogP contribution in [0.1, 0.15) is 46.5 Å². The molecule has 0 spiro atoms. The summed E-state index contributed by atoms with van der Waals surface area (Å²) in [5.74, 6) is 0.216. The molecule has 1 rings (SSSR count). The average Bonchev–Trinajstić information content (AvgIpc) is 2.57. The van der Waals surface area contributed by atoms with Gasteiger partial charge in [-0.1, -0.05) is 20.8 Å². The minimum Gasteiger partial charge on any atom is -0.416 e. The fourth-order valence-electron chi connectivity index (χ4n) is 2.11. The van der Waals surface area contributed by atoms with Gasteiger partial charge >= 0.3 is 0 Å². The van der Waals surface area contributed by atoms with Crippen LogP contribution in [0.5, 0.6) is 0 Å². The molecule has 104 valence electrons. The van der Waals surface area contributed by atoms with Crippen LogP contribution in [0, 0.1) is 5.41 Å². The van der Waals surface area contributed by atoms with Crippen LogP contribution in [0.25, 0.3) is 0 Å². The largest absolute Gasteiger partial charge is 0.416 e. The molecular formula is C14H26O3Si. The van der Waals surface area contributed by atoms with Crippen molar-refractivity contribution in [3.8, 4) is 0 Å². The van der Waals surface area contributed by atoms with Gasteiger partial charge in [0.05, 0.1) is 5.41 Å². The first-order valence-corrected chi connectivity index (χ1v) is 9.66. The van der Waals surface area contributed by atoms with Crippen LogP contribution in [-0.2, 0) is 14.0 Å². The molecule has 1 aliphatic carbocycles. The van der Waals surface area contributed by atoms with Gasteiger partial charge in [-0.2, -0.15) is 0 Å². The van der Waals surface area contributed by atoms with Gasteiger partial charge in [-0.3, -0.25) is 4.79 Å². The summed E-state index contributed by atoms with van der Waals surface area (Å²) in [6.45, 7) is 11.3. The number of ketones is 1. The number of Topliss-reactive ketones (excluding diaryl/α,β-unsaturated/α-hetero) is 1. The number of hydrogen-bond acceptors (Lipinski definition) is 3. The minimum atomic E-state index is -1.85. The van der Waals surface area contributed by atoms with Crippen LogP contribution < -0.4 is 0 Å². The summed E-state index contributed by atoms with van der Waals surface area (Å²) < 4.78 is 6.16. The lowest BCUT2D eigenvalue weighted by Gasteiger charge is -2.39. The van der Waals surface area contributed by atoms with E-state index in [1.807, 2.05) is 0 Å². The molecule has 0 aromatic rings. The standard InChI is InChI=1S/C14H26O3Si/c1-13(2,3)18(4,5)17-11-14(9-10-15)8-6-7-12(14)16/h10H,6-9,11H2,1-5H3/t14-/m1/s1. The Morgan fingerprint density at radius 1 is 1.39 bits per heavy atom. The third-order valence-electron chi connectivity index (χ3n) is 4.64. The van der Waals surface area contributed by atoms with Gasteiger partial charge in [0.2, 0.25) is 0 Å². The van der Waals surface area contributed by atoms with Gasteiger partial charge < -0.3 is 9.22 Å². The van der Waals surface area contributed by atoms with E-state index in [9.17, 15) is 9.59 Å². The Balaban J connectivity index is 2.75. The molecule has 0 heterocycles. The van der Waals surface area contributed by atoms with Gasteiger partial charge in [-0.25, -0.2) is 0 Å². The van der Waals surface area contributed by atoms with E-state index in [0.29, 0.717) is 19.4 Å². The van der Waals surface area contributed by atoms with E-state index in [4.69, 9.17) is 4.43 Å². The minimum absolute atomic E-state index is 0.136. The van der Waals surface area contributed by atoms with E-state index in [1.165, 1.54) is 0 Å². The lowest BCUT2D eigenvalue weighted by Crippen LogP contribution is -2.45. The van der Waals surface area contributed by atoms with Crippen molar-refractivity contribution in [3.05, 3.63) is 0 Å². The van der Waals surface area contributed by atoms with Crippen LogP contribution in [0.2, 0.25) is 18.1 Å². The van der Waals surface area contributed by atoms with Crippen molar-refractivity contribution in [3.63, 3.8) is 0 Å². The van der Waals surface area contributed by atoms with Crippen LogP contribution in [0.4, 0.5) is 0 Å². The van der Waals surface area contributed by atoms with E-state index in [-0.39, 0.29) is 10.8 Å². The molecular weight excluding hydrogens is 244 g/mol. The summed E-state index contributed by atoms with van der Waals surface area (Å²) in [6.07, 6.45) is 3.50. The van der Waals surface area contributed by atoms with Crippen molar-refractivity contribution in [1.29, 1.82) is 0 Å². The van der Waals surface area contributed by atoms with Crippen molar-refractivity contribution in [2.45, 2.75) is 64.6 Å². The molecule has 0 amide bonds. The Kier molecular flexibility index (Phi) is 4.54. The lowest BCUT2D eigenvalue weighted by molar-refractivity contribution is -0.130. The maximum Gasteiger partial charge on any atom is 0.192 e. The van der Waals surface area contributed by atoms with Crippen molar-refractivity contribution in [2.24, 2.45) is 5.41 Å². The molecule has 1 fully saturated rings. The molecule has 18 heavy (non-hydrogen) atoms. The number of hydrogen-bond donors (Lipinski definition) is 0. The average molecular weight is 270 g/mol. The highest BCUT2D eigenvalue weighted by molar-refractivity contribution is 6.74. The molecule has 0 bridgehead atoms. The SMILES string of the molecule is CC(C)(C)[Si](C)(C)OC[C@]1(CC=O)CCCC1=O. The summed E-state index contributed by atoms with van der Waals surface area (Å²) in [5.41, 5.74) is -0.517. The second-order valence-electron chi connectivity index (χ2n) is 6.98. The lowest BCUT2D eigenvalue weighted by atomic mass is 9.83. The molecule has 0 unspecified atom stereocenters. The Labute approximate surface area is 111 Å². The summed E-state index contributed by atoms with van der Waals surface area (Å²) in [7, 11) is -1.85. The zero-order chi connectivity index (χ0) is 14.0. The van der Waals surface area contributed by atoms with Crippen molar-refractivity contribution >= 4 is 20.4 Å². The van der Waals surface area contributed by atoms with Crippen LogP contribution in [-0.4, -0.2) is 27.0 Å². The molecule has 3 nitrogen and oxygen atoms in total. The molecule has 4 heteroatoms. The Morgan fingerprint density at radius 2 is 2.00 bits per heavy atom. The van der Waals surface area contributed by atoms with E-state index >= 15 is 0 Å². The third kappa shape index (κ3) is 3.09. The Hall–Kier alpha value is -0.483. The van der Waals surface area contributed by atoms with Gasteiger partial charge in [0.1, 0.15) is 12.1 Å². The predicted molar refractivity (Wildman–Crippen MR) is 75.1 cm³/mol. The molecule has 0 saturated heterocycles. The maximum atomic E-state index is 12.0. The second-order valence-corrected chi connectivity index (χ2v) is 11.8.